The number of urea groups is 1. The third-order valence-corrected chi connectivity index (χ3v) is 2.54. The summed E-state index contributed by atoms with van der Waals surface area (Å²) in [6, 6.07) is 2.32. The standard InChI is InChI=1S/C12H16N4O4/c1-12(2,10(13)19)16-11(20)15-6-7-3-4-8(9(17)18)14-5-7/h3-5H,6H2,1-2H3,(H2,13,19)(H,17,18)(H2,15,16,20). The molecule has 20 heavy (non-hydrogen) atoms. The van der Waals surface area contributed by atoms with Crippen LogP contribution in [0, 0.1) is 0 Å². The van der Waals surface area contributed by atoms with Crippen LogP contribution in [-0.4, -0.2) is 33.5 Å². The molecular formula is C12H16N4O4. The Hall–Kier alpha value is -2.64. The number of hydrogen-bond donors (Lipinski definition) is 4. The maximum absolute atomic E-state index is 11.6. The number of carboxylic acids is 1. The lowest BCUT2D eigenvalue weighted by Gasteiger charge is -2.22. The minimum absolute atomic E-state index is 0.0759. The van der Waals surface area contributed by atoms with Crippen LogP contribution < -0.4 is 16.4 Å². The number of hydrogen-bond acceptors (Lipinski definition) is 4. The fourth-order valence-electron chi connectivity index (χ4n) is 1.23. The molecule has 1 aromatic rings. The summed E-state index contributed by atoms with van der Waals surface area (Å²) < 4.78 is 0. The minimum Gasteiger partial charge on any atom is -0.477 e. The Morgan fingerprint density at radius 3 is 2.45 bits per heavy atom. The molecule has 0 aliphatic rings. The van der Waals surface area contributed by atoms with E-state index in [1.54, 1.807) is 0 Å². The molecule has 0 saturated carbocycles. The molecule has 1 aromatic heterocycles. The quantitative estimate of drug-likeness (QED) is 0.594. The van der Waals surface area contributed by atoms with Crippen molar-refractivity contribution >= 4 is 17.9 Å². The first-order valence-corrected chi connectivity index (χ1v) is 5.76. The molecule has 3 amide bonds. The Labute approximate surface area is 115 Å². The summed E-state index contributed by atoms with van der Waals surface area (Å²) in [6.45, 7) is 3.11. The monoisotopic (exact) mass is 280 g/mol. The number of rotatable bonds is 5. The maximum Gasteiger partial charge on any atom is 0.354 e. The van der Waals surface area contributed by atoms with Gasteiger partial charge in [-0.1, -0.05) is 6.07 Å². The highest BCUT2D eigenvalue weighted by molar-refractivity contribution is 5.89. The number of nitrogens with two attached hydrogens (primary N) is 1. The number of aromatic carboxylic acids is 1. The van der Waals surface area contributed by atoms with Crippen molar-refractivity contribution in [3.63, 3.8) is 0 Å². The smallest absolute Gasteiger partial charge is 0.354 e. The molecule has 0 aliphatic heterocycles. The highest BCUT2D eigenvalue weighted by Gasteiger charge is 2.26. The molecule has 0 aromatic carbocycles. The van der Waals surface area contributed by atoms with Crippen LogP contribution in [0.5, 0.6) is 0 Å². The second kappa shape index (κ2) is 6.00. The maximum atomic E-state index is 11.6. The molecule has 0 saturated heterocycles. The van der Waals surface area contributed by atoms with E-state index in [0.717, 1.165) is 0 Å². The van der Waals surface area contributed by atoms with Crippen LogP contribution in [0.15, 0.2) is 18.3 Å². The fourth-order valence-corrected chi connectivity index (χ4v) is 1.23. The number of carbonyl (C=O) groups excluding carboxylic acids is 2. The van der Waals surface area contributed by atoms with Gasteiger partial charge in [-0.2, -0.15) is 0 Å². The van der Waals surface area contributed by atoms with Crippen molar-refractivity contribution in [1.29, 1.82) is 0 Å². The minimum atomic E-state index is -1.16. The van der Waals surface area contributed by atoms with E-state index in [0.29, 0.717) is 5.56 Å². The van der Waals surface area contributed by atoms with Crippen molar-refractivity contribution in [3.05, 3.63) is 29.6 Å². The fraction of sp³-hybridized carbons (Fsp3) is 0.333. The number of nitrogens with zero attached hydrogens (tertiary/aromatic N) is 1. The molecule has 0 spiro atoms. The SMILES string of the molecule is CC(C)(NC(=O)NCc1ccc(C(=O)O)nc1)C(N)=O. The van der Waals surface area contributed by atoms with Crippen LogP contribution in [0.1, 0.15) is 29.9 Å². The average molecular weight is 280 g/mol. The number of aromatic nitrogens is 1. The molecule has 1 heterocycles. The first-order valence-electron chi connectivity index (χ1n) is 5.76. The lowest BCUT2D eigenvalue weighted by Crippen LogP contribution is -2.55. The van der Waals surface area contributed by atoms with Gasteiger partial charge in [0.25, 0.3) is 0 Å². The second-order valence-electron chi connectivity index (χ2n) is 4.65. The van der Waals surface area contributed by atoms with Crippen molar-refractivity contribution in [3.8, 4) is 0 Å². The molecule has 0 aliphatic carbocycles. The predicted octanol–water partition coefficient (Wildman–Crippen LogP) is -0.157. The van der Waals surface area contributed by atoms with Gasteiger partial charge in [-0.05, 0) is 25.5 Å². The van der Waals surface area contributed by atoms with Crippen LogP contribution in [0.25, 0.3) is 0 Å². The summed E-state index contributed by atoms with van der Waals surface area (Å²) in [5.41, 5.74) is 4.52. The summed E-state index contributed by atoms with van der Waals surface area (Å²) in [4.78, 5) is 36.9. The van der Waals surface area contributed by atoms with Crippen LogP contribution in [0.3, 0.4) is 0 Å². The Kier molecular flexibility index (Phi) is 4.63. The largest absolute Gasteiger partial charge is 0.477 e. The number of primary amides is 1. The van der Waals surface area contributed by atoms with Gasteiger partial charge in [-0.15, -0.1) is 0 Å². The van der Waals surface area contributed by atoms with E-state index in [2.05, 4.69) is 15.6 Å². The summed E-state index contributed by atoms with van der Waals surface area (Å²) in [5, 5.41) is 13.6. The Morgan fingerprint density at radius 2 is 2.00 bits per heavy atom. The van der Waals surface area contributed by atoms with E-state index in [9.17, 15) is 14.4 Å². The van der Waals surface area contributed by atoms with Gasteiger partial charge in [0.1, 0.15) is 11.2 Å². The highest BCUT2D eigenvalue weighted by Crippen LogP contribution is 2.02. The normalized spacial score (nSPS) is 10.7. The van der Waals surface area contributed by atoms with Gasteiger partial charge in [0, 0.05) is 12.7 Å². The zero-order chi connectivity index (χ0) is 15.3. The van der Waals surface area contributed by atoms with Gasteiger partial charge in [0.15, 0.2) is 0 Å². The molecule has 8 nitrogen and oxygen atoms in total. The van der Waals surface area contributed by atoms with Crippen LogP contribution >= 0.6 is 0 Å². The summed E-state index contributed by atoms with van der Waals surface area (Å²) >= 11 is 0. The number of carboxylic acid groups (broad SMARTS) is 1. The van der Waals surface area contributed by atoms with Crippen molar-refractivity contribution in [2.24, 2.45) is 5.73 Å². The van der Waals surface area contributed by atoms with Crippen molar-refractivity contribution in [2.75, 3.05) is 0 Å². The Bertz CT molecular complexity index is 525. The summed E-state index contributed by atoms with van der Waals surface area (Å²) in [6.07, 6.45) is 1.35. The van der Waals surface area contributed by atoms with Gasteiger partial charge in [-0.25, -0.2) is 14.6 Å². The van der Waals surface area contributed by atoms with E-state index in [1.807, 2.05) is 0 Å². The predicted molar refractivity (Wildman–Crippen MR) is 69.8 cm³/mol. The molecule has 0 atom stereocenters. The molecule has 108 valence electrons. The number of nitrogens with one attached hydrogen (secondary N) is 2. The van der Waals surface area contributed by atoms with Crippen molar-refractivity contribution < 1.29 is 19.5 Å². The van der Waals surface area contributed by atoms with Gasteiger partial charge < -0.3 is 21.5 Å². The number of carbonyl (C=O) groups is 3. The molecule has 0 unspecified atom stereocenters. The van der Waals surface area contributed by atoms with E-state index in [1.165, 1.54) is 32.2 Å². The zero-order valence-electron chi connectivity index (χ0n) is 11.1. The van der Waals surface area contributed by atoms with Gasteiger partial charge in [0.2, 0.25) is 5.91 Å². The molecule has 0 radical (unpaired) electrons. The third kappa shape index (κ3) is 4.23. The van der Waals surface area contributed by atoms with Crippen molar-refractivity contribution in [2.45, 2.75) is 25.9 Å². The molecule has 1 rings (SSSR count). The number of pyridine rings is 1. The van der Waals surface area contributed by atoms with E-state index < -0.39 is 23.4 Å². The first-order chi connectivity index (χ1) is 9.22. The van der Waals surface area contributed by atoms with E-state index in [-0.39, 0.29) is 12.2 Å². The van der Waals surface area contributed by atoms with Crippen LogP contribution in [0.2, 0.25) is 0 Å². The molecular weight excluding hydrogens is 264 g/mol. The van der Waals surface area contributed by atoms with E-state index >= 15 is 0 Å². The average Bonchev–Trinajstić information content (AvgIpc) is 2.36. The molecule has 5 N–H and O–H groups in total. The molecule has 8 heteroatoms. The topological polar surface area (TPSA) is 134 Å². The Morgan fingerprint density at radius 1 is 1.35 bits per heavy atom. The zero-order valence-corrected chi connectivity index (χ0v) is 11.1. The van der Waals surface area contributed by atoms with Crippen molar-refractivity contribution in [1.82, 2.24) is 15.6 Å². The van der Waals surface area contributed by atoms with Gasteiger partial charge in [-0.3, -0.25) is 4.79 Å². The molecule has 0 bridgehead atoms. The first kappa shape index (κ1) is 15.4. The Balaban J connectivity index is 2.53. The summed E-state index contributed by atoms with van der Waals surface area (Å²) in [7, 11) is 0. The second-order valence-corrected chi connectivity index (χ2v) is 4.65. The van der Waals surface area contributed by atoms with Crippen LogP contribution in [0.4, 0.5) is 4.79 Å². The number of amides is 3. The lowest BCUT2D eigenvalue weighted by molar-refractivity contribution is -0.122. The highest BCUT2D eigenvalue weighted by atomic mass is 16.4. The lowest BCUT2D eigenvalue weighted by atomic mass is 10.1. The van der Waals surface area contributed by atoms with Gasteiger partial charge in [0.05, 0.1) is 0 Å². The van der Waals surface area contributed by atoms with Crippen LogP contribution in [-0.2, 0) is 11.3 Å². The van der Waals surface area contributed by atoms with Gasteiger partial charge >= 0.3 is 12.0 Å². The third-order valence-electron chi connectivity index (χ3n) is 2.54. The van der Waals surface area contributed by atoms with E-state index in [4.69, 9.17) is 10.8 Å². The molecule has 0 fully saturated rings. The summed E-state index contributed by atoms with van der Waals surface area (Å²) in [5.74, 6) is -1.77.